The van der Waals surface area contributed by atoms with Crippen molar-refractivity contribution in [2.24, 2.45) is 0 Å². The number of rotatable bonds is 4. The molecule has 1 aromatic carbocycles. The van der Waals surface area contributed by atoms with Gasteiger partial charge in [0.2, 0.25) is 0 Å². The van der Waals surface area contributed by atoms with E-state index in [1.54, 1.807) is 32.9 Å². The summed E-state index contributed by atoms with van der Waals surface area (Å²) < 4.78 is 36.4. The predicted octanol–water partition coefficient (Wildman–Crippen LogP) is 2.76. The molecule has 1 N–H and O–H groups in total. The van der Waals surface area contributed by atoms with Crippen LogP contribution in [0.15, 0.2) is 18.2 Å². The molecule has 0 fully saturated rings. The first kappa shape index (κ1) is 15.0. The lowest BCUT2D eigenvalue weighted by Gasteiger charge is -2.19. The molecular formula is C13H20FNO2S. The van der Waals surface area contributed by atoms with Crippen LogP contribution in [0.3, 0.4) is 0 Å². The minimum Gasteiger partial charge on any atom is -0.382 e. The van der Waals surface area contributed by atoms with Crippen LogP contribution in [0.4, 0.5) is 10.1 Å². The van der Waals surface area contributed by atoms with Gasteiger partial charge in [0, 0.05) is 6.54 Å². The second-order valence-electron chi connectivity index (χ2n) is 5.34. The number of nitrogens with one attached hydrogen (secondary N) is 1. The van der Waals surface area contributed by atoms with Crippen LogP contribution in [0.1, 0.15) is 26.3 Å². The number of anilines is 1. The van der Waals surface area contributed by atoms with Crippen molar-refractivity contribution in [2.75, 3.05) is 17.6 Å². The van der Waals surface area contributed by atoms with Crippen LogP contribution >= 0.6 is 0 Å². The average molecular weight is 273 g/mol. The minimum atomic E-state index is -3.18. The summed E-state index contributed by atoms with van der Waals surface area (Å²) in [5.74, 6) is -0.377. The van der Waals surface area contributed by atoms with Crippen LogP contribution < -0.4 is 5.32 Å². The Morgan fingerprint density at radius 3 is 2.44 bits per heavy atom. The van der Waals surface area contributed by atoms with Crippen molar-refractivity contribution < 1.29 is 12.8 Å². The van der Waals surface area contributed by atoms with Crippen LogP contribution in [0.25, 0.3) is 0 Å². The summed E-state index contributed by atoms with van der Waals surface area (Å²) >= 11 is 0. The van der Waals surface area contributed by atoms with Crippen LogP contribution in [0.5, 0.6) is 0 Å². The van der Waals surface area contributed by atoms with E-state index in [1.807, 2.05) is 6.92 Å². The van der Waals surface area contributed by atoms with Crippen molar-refractivity contribution in [2.45, 2.75) is 32.4 Å². The Kier molecular flexibility index (Phi) is 4.37. The quantitative estimate of drug-likeness (QED) is 0.917. The smallest absolute Gasteiger partial charge is 0.156 e. The zero-order valence-electron chi connectivity index (χ0n) is 11.2. The zero-order chi connectivity index (χ0) is 14.0. The summed E-state index contributed by atoms with van der Waals surface area (Å²) in [6.45, 7) is 7.05. The van der Waals surface area contributed by atoms with Gasteiger partial charge < -0.3 is 5.32 Å². The molecule has 5 heteroatoms. The van der Waals surface area contributed by atoms with Gasteiger partial charge in [-0.05, 0) is 45.4 Å². The lowest BCUT2D eigenvalue weighted by molar-refractivity contribution is 0.560. The van der Waals surface area contributed by atoms with Crippen molar-refractivity contribution in [3.8, 4) is 0 Å². The van der Waals surface area contributed by atoms with E-state index in [-0.39, 0.29) is 18.1 Å². The van der Waals surface area contributed by atoms with E-state index >= 15 is 0 Å². The molecule has 102 valence electrons. The second-order valence-corrected chi connectivity index (χ2v) is 8.20. The number of benzene rings is 1. The fourth-order valence-corrected chi connectivity index (χ4v) is 2.38. The van der Waals surface area contributed by atoms with Gasteiger partial charge in [-0.15, -0.1) is 0 Å². The Balaban J connectivity index is 2.65. The van der Waals surface area contributed by atoms with Gasteiger partial charge >= 0.3 is 0 Å². The molecule has 0 amide bonds. The number of sulfone groups is 1. The van der Waals surface area contributed by atoms with Crippen molar-refractivity contribution in [1.29, 1.82) is 0 Å². The van der Waals surface area contributed by atoms with Crippen molar-refractivity contribution in [3.05, 3.63) is 29.6 Å². The lowest BCUT2D eigenvalue weighted by Crippen LogP contribution is -2.32. The molecule has 1 aromatic rings. The Bertz CT molecular complexity index is 518. The standard InChI is InChI=1S/C13H20FNO2S/c1-10-5-6-11(14)12(9-10)15-7-8-18(16,17)13(2,3)4/h5-6,9,15H,7-8H2,1-4H3. The largest absolute Gasteiger partial charge is 0.382 e. The number of hydrogen-bond donors (Lipinski definition) is 1. The molecule has 3 nitrogen and oxygen atoms in total. The molecule has 0 aromatic heterocycles. The highest BCUT2D eigenvalue weighted by molar-refractivity contribution is 7.92. The lowest BCUT2D eigenvalue weighted by atomic mass is 10.2. The molecule has 1 rings (SSSR count). The predicted molar refractivity (Wildman–Crippen MR) is 73.2 cm³/mol. The first-order valence-electron chi connectivity index (χ1n) is 5.86. The van der Waals surface area contributed by atoms with E-state index in [2.05, 4.69) is 5.32 Å². The molecule has 0 bridgehead atoms. The van der Waals surface area contributed by atoms with E-state index in [9.17, 15) is 12.8 Å². The third-order valence-corrected chi connectivity index (χ3v) is 5.35. The summed E-state index contributed by atoms with van der Waals surface area (Å²) in [6, 6.07) is 4.71. The van der Waals surface area contributed by atoms with Gasteiger partial charge in [0.25, 0.3) is 0 Å². The molecule has 0 unspecified atom stereocenters. The maximum absolute atomic E-state index is 13.4. The average Bonchev–Trinajstić information content (AvgIpc) is 2.21. The molecular weight excluding hydrogens is 253 g/mol. The second kappa shape index (κ2) is 5.26. The van der Waals surface area contributed by atoms with Gasteiger partial charge in [-0.2, -0.15) is 0 Å². The van der Waals surface area contributed by atoms with E-state index in [0.29, 0.717) is 5.69 Å². The van der Waals surface area contributed by atoms with Crippen molar-refractivity contribution >= 4 is 15.5 Å². The van der Waals surface area contributed by atoms with E-state index in [4.69, 9.17) is 0 Å². The van der Waals surface area contributed by atoms with Gasteiger partial charge in [0.15, 0.2) is 9.84 Å². The van der Waals surface area contributed by atoms with Gasteiger partial charge in [-0.25, -0.2) is 12.8 Å². The SMILES string of the molecule is Cc1ccc(F)c(NCCS(=O)(=O)C(C)(C)C)c1. The van der Waals surface area contributed by atoms with Gasteiger partial charge in [-0.3, -0.25) is 0 Å². The third-order valence-electron chi connectivity index (χ3n) is 2.74. The highest BCUT2D eigenvalue weighted by atomic mass is 32.2. The third kappa shape index (κ3) is 3.70. The molecule has 0 aliphatic rings. The van der Waals surface area contributed by atoms with E-state index < -0.39 is 14.6 Å². The zero-order valence-corrected chi connectivity index (χ0v) is 12.1. The summed E-state index contributed by atoms with van der Waals surface area (Å²) in [6.07, 6.45) is 0. The Morgan fingerprint density at radius 2 is 1.89 bits per heavy atom. The number of halogens is 1. The number of hydrogen-bond acceptors (Lipinski definition) is 3. The highest BCUT2D eigenvalue weighted by Crippen LogP contribution is 2.18. The first-order valence-corrected chi connectivity index (χ1v) is 7.51. The molecule has 0 atom stereocenters. The molecule has 18 heavy (non-hydrogen) atoms. The highest BCUT2D eigenvalue weighted by Gasteiger charge is 2.28. The minimum absolute atomic E-state index is 0.0100. The Hall–Kier alpha value is -1.10. The Morgan fingerprint density at radius 1 is 1.28 bits per heavy atom. The van der Waals surface area contributed by atoms with Gasteiger partial charge in [0.05, 0.1) is 16.2 Å². The molecule has 0 saturated carbocycles. The molecule has 0 spiro atoms. The van der Waals surface area contributed by atoms with Crippen LogP contribution in [0.2, 0.25) is 0 Å². The first-order chi connectivity index (χ1) is 8.13. The van der Waals surface area contributed by atoms with E-state index in [1.165, 1.54) is 6.07 Å². The normalized spacial score (nSPS) is 12.5. The van der Waals surface area contributed by atoms with Gasteiger partial charge in [-0.1, -0.05) is 6.07 Å². The summed E-state index contributed by atoms with van der Waals surface area (Å²) in [5, 5.41) is 2.83. The number of aryl methyl sites for hydroxylation is 1. The van der Waals surface area contributed by atoms with Crippen LogP contribution in [0, 0.1) is 12.7 Å². The maximum atomic E-state index is 13.4. The van der Waals surface area contributed by atoms with Crippen molar-refractivity contribution in [3.63, 3.8) is 0 Å². The van der Waals surface area contributed by atoms with E-state index in [0.717, 1.165) is 5.56 Å². The molecule has 0 heterocycles. The van der Waals surface area contributed by atoms with Crippen LogP contribution in [-0.2, 0) is 9.84 Å². The fraction of sp³-hybridized carbons (Fsp3) is 0.538. The molecule has 0 aliphatic heterocycles. The summed E-state index contributed by atoms with van der Waals surface area (Å²) in [5.41, 5.74) is 1.27. The fourth-order valence-electron chi connectivity index (χ4n) is 1.40. The maximum Gasteiger partial charge on any atom is 0.156 e. The summed E-state index contributed by atoms with van der Waals surface area (Å²) in [4.78, 5) is 0. The molecule has 0 radical (unpaired) electrons. The van der Waals surface area contributed by atoms with Crippen LogP contribution in [-0.4, -0.2) is 25.5 Å². The van der Waals surface area contributed by atoms with Crippen molar-refractivity contribution in [1.82, 2.24) is 0 Å². The Labute approximate surface area is 108 Å². The molecule has 0 aliphatic carbocycles. The topological polar surface area (TPSA) is 46.2 Å². The van der Waals surface area contributed by atoms with Gasteiger partial charge in [0.1, 0.15) is 5.82 Å². The molecule has 0 saturated heterocycles. The summed E-state index contributed by atoms with van der Waals surface area (Å²) in [7, 11) is -3.18. The monoisotopic (exact) mass is 273 g/mol.